The summed E-state index contributed by atoms with van der Waals surface area (Å²) >= 11 is 4.14. The number of carbonyl (C=O) groups excluding carboxylic acids is 1. The average Bonchev–Trinajstić information content (AvgIpc) is 3.24. The molecule has 2 aromatic heterocycles. The third kappa shape index (κ3) is 3.31. The largest absolute Gasteiger partial charge is 0.358 e. The Morgan fingerprint density at radius 2 is 2.04 bits per heavy atom. The highest BCUT2D eigenvalue weighted by Crippen LogP contribution is 2.27. The fourth-order valence-electron chi connectivity index (χ4n) is 2.40. The van der Waals surface area contributed by atoms with E-state index in [4.69, 9.17) is 0 Å². The summed E-state index contributed by atoms with van der Waals surface area (Å²) in [5.41, 5.74) is -0.0961. The van der Waals surface area contributed by atoms with E-state index in [-0.39, 0.29) is 40.6 Å². The Kier molecular flexibility index (Phi) is 4.90. The Morgan fingerprint density at radius 1 is 1.36 bits per heavy atom. The predicted octanol–water partition coefficient (Wildman–Crippen LogP) is 1.29. The highest BCUT2D eigenvalue weighted by Gasteiger charge is 2.33. The predicted molar refractivity (Wildman–Crippen MR) is 91.9 cm³/mol. The molecular formula is C12H12BrN5O5S2. The SMILES string of the molecule is O=C(c1n[nH]c([N+](=O)[O-])c1Br)N1CCN(S(=O)(=O)c2cccs2)CC1. The number of amides is 1. The van der Waals surface area contributed by atoms with Crippen LogP contribution in [0.25, 0.3) is 0 Å². The van der Waals surface area contributed by atoms with E-state index < -0.39 is 26.7 Å². The average molecular weight is 450 g/mol. The van der Waals surface area contributed by atoms with Crippen molar-refractivity contribution in [2.45, 2.75) is 4.21 Å². The van der Waals surface area contributed by atoms with Gasteiger partial charge in [-0.2, -0.15) is 4.31 Å². The first-order valence-electron chi connectivity index (χ1n) is 7.03. The van der Waals surface area contributed by atoms with Crippen LogP contribution in [0.3, 0.4) is 0 Å². The highest BCUT2D eigenvalue weighted by atomic mass is 79.9. The summed E-state index contributed by atoms with van der Waals surface area (Å²) in [5, 5.41) is 18.4. The van der Waals surface area contributed by atoms with Crippen molar-refractivity contribution >= 4 is 49.0 Å². The molecule has 1 N–H and O–H groups in total. The van der Waals surface area contributed by atoms with E-state index in [2.05, 4.69) is 26.1 Å². The van der Waals surface area contributed by atoms with Crippen LogP contribution in [0.2, 0.25) is 0 Å². The number of sulfonamides is 1. The molecule has 10 nitrogen and oxygen atoms in total. The number of carbonyl (C=O) groups is 1. The molecule has 0 radical (unpaired) electrons. The number of nitrogens with one attached hydrogen (secondary N) is 1. The van der Waals surface area contributed by atoms with Crippen LogP contribution < -0.4 is 0 Å². The Morgan fingerprint density at radius 3 is 2.56 bits per heavy atom. The van der Waals surface area contributed by atoms with E-state index in [0.717, 1.165) is 11.3 Å². The summed E-state index contributed by atoms with van der Waals surface area (Å²) in [4.78, 5) is 24.0. The van der Waals surface area contributed by atoms with Crippen molar-refractivity contribution in [2.75, 3.05) is 26.2 Å². The summed E-state index contributed by atoms with van der Waals surface area (Å²) in [6.07, 6.45) is 0. The molecule has 25 heavy (non-hydrogen) atoms. The number of aromatic amines is 1. The summed E-state index contributed by atoms with van der Waals surface area (Å²) < 4.78 is 26.5. The minimum atomic E-state index is -3.55. The third-order valence-electron chi connectivity index (χ3n) is 3.69. The number of H-pyrrole nitrogens is 1. The van der Waals surface area contributed by atoms with E-state index in [1.54, 1.807) is 11.4 Å². The van der Waals surface area contributed by atoms with Crippen molar-refractivity contribution < 1.29 is 18.1 Å². The van der Waals surface area contributed by atoms with Crippen LogP contribution in [0.4, 0.5) is 5.82 Å². The summed E-state index contributed by atoms with van der Waals surface area (Å²) in [5.74, 6) is -0.897. The molecule has 1 aliphatic heterocycles. The Hall–Kier alpha value is -1.83. The van der Waals surface area contributed by atoms with Crippen LogP contribution in [0.5, 0.6) is 0 Å². The second-order valence-electron chi connectivity index (χ2n) is 5.12. The fraction of sp³-hybridized carbons (Fsp3) is 0.333. The smallest absolute Gasteiger partial charge is 0.357 e. The van der Waals surface area contributed by atoms with Gasteiger partial charge in [-0.3, -0.25) is 4.79 Å². The quantitative estimate of drug-likeness (QED) is 0.552. The molecule has 0 bridgehead atoms. The van der Waals surface area contributed by atoms with Gasteiger partial charge in [-0.1, -0.05) is 11.2 Å². The fourth-order valence-corrected chi connectivity index (χ4v) is 5.46. The van der Waals surface area contributed by atoms with Crippen LogP contribution in [-0.2, 0) is 10.0 Å². The molecular weight excluding hydrogens is 438 g/mol. The molecule has 13 heteroatoms. The van der Waals surface area contributed by atoms with E-state index in [1.807, 2.05) is 0 Å². The van der Waals surface area contributed by atoms with Crippen molar-refractivity contribution in [1.82, 2.24) is 19.4 Å². The summed E-state index contributed by atoms with van der Waals surface area (Å²) in [6, 6.07) is 3.21. The molecule has 134 valence electrons. The number of thiophene rings is 1. The van der Waals surface area contributed by atoms with Crippen LogP contribution in [0, 0.1) is 10.1 Å². The van der Waals surface area contributed by atoms with Gasteiger partial charge in [-0.15, -0.1) is 16.4 Å². The lowest BCUT2D eigenvalue weighted by molar-refractivity contribution is -0.390. The van der Waals surface area contributed by atoms with Crippen LogP contribution in [-0.4, -0.2) is 64.8 Å². The highest BCUT2D eigenvalue weighted by molar-refractivity contribution is 9.10. The van der Waals surface area contributed by atoms with Crippen molar-refractivity contribution in [3.63, 3.8) is 0 Å². The number of piperazine rings is 1. The first-order chi connectivity index (χ1) is 11.8. The van der Waals surface area contributed by atoms with Gasteiger partial charge in [-0.05, 0) is 32.3 Å². The number of nitro groups is 1. The molecule has 1 aliphatic rings. The number of hydrogen-bond acceptors (Lipinski definition) is 7. The maximum absolute atomic E-state index is 12.5. The van der Waals surface area contributed by atoms with E-state index >= 15 is 0 Å². The second kappa shape index (κ2) is 6.82. The van der Waals surface area contributed by atoms with Crippen molar-refractivity contribution in [3.8, 4) is 0 Å². The lowest BCUT2D eigenvalue weighted by Crippen LogP contribution is -2.50. The van der Waals surface area contributed by atoms with E-state index in [1.165, 1.54) is 15.3 Å². The first kappa shape index (κ1) is 18.0. The number of hydrogen-bond donors (Lipinski definition) is 1. The zero-order valence-electron chi connectivity index (χ0n) is 12.6. The van der Waals surface area contributed by atoms with Gasteiger partial charge in [0.1, 0.15) is 8.68 Å². The molecule has 0 aliphatic carbocycles. The minimum absolute atomic E-state index is 0.0175. The number of aromatic nitrogens is 2. The zero-order valence-corrected chi connectivity index (χ0v) is 15.8. The molecule has 3 heterocycles. The molecule has 1 saturated heterocycles. The lowest BCUT2D eigenvalue weighted by atomic mass is 10.3. The van der Waals surface area contributed by atoms with Gasteiger partial charge in [0, 0.05) is 26.2 Å². The van der Waals surface area contributed by atoms with Crippen LogP contribution >= 0.6 is 27.3 Å². The van der Waals surface area contributed by atoms with Crippen LogP contribution in [0.1, 0.15) is 10.5 Å². The van der Waals surface area contributed by atoms with Gasteiger partial charge in [0.25, 0.3) is 15.9 Å². The van der Waals surface area contributed by atoms with Gasteiger partial charge < -0.3 is 15.0 Å². The molecule has 3 rings (SSSR count). The van der Waals surface area contributed by atoms with Crippen molar-refractivity contribution in [2.24, 2.45) is 0 Å². The maximum Gasteiger partial charge on any atom is 0.357 e. The Balaban J connectivity index is 1.70. The zero-order chi connectivity index (χ0) is 18.2. The molecule has 1 amide bonds. The van der Waals surface area contributed by atoms with Crippen molar-refractivity contribution in [3.05, 3.63) is 37.8 Å². The number of halogens is 1. The van der Waals surface area contributed by atoms with Gasteiger partial charge in [0.2, 0.25) is 0 Å². The monoisotopic (exact) mass is 449 g/mol. The first-order valence-corrected chi connectivity index (χ1v) is 10.1. The van der Waals surface area contributed by atoms with E-state index in [0.29, 0.717) is 0 Å². The van der Waals surface area contributed by atoms with Gasteiger partial charge in [0.05, 0.1) is 0 Å². The number of rotatable bonds is 4. The summed E-state index contributed by atoms with van der Waals surface area (Å²) in [7, 11) is -3.55. The molecule has 0 atom stereocenters. The maximum atomic E-state index is 12.5. The molecule has 1 fully saturated rings. The van der Waals surface area contributed by atoms with Gasteiger partial charge in [0.15, 0.2) is 5.69 Å². The normalized spacial score (nSPS) is 16.1. The summed E-state index contributed by atoms with van der Waals surface area (Å²) in [6.45, 7) is 0.652. The lowest BCUT2D eigenvalue weighted by Gasteiger charge is -2.33. The Labute approximate surface area is 154 Å². The van der Waals surface area contributed by atoms with Crippen molar-refractivity contribution in [1.29, 1.82) is 0 Å². The standard InChI is InChI=1S/C12H12BrN5O5S2/c13-9-10(14-15-11(9)18(20)21)12(19)16-3-5-17(6-4-16)25(22,23)8-2-1-7-24-8/h1-2,7H,3-6H2,(H,14,15). The topological polar surface area (TPSA) is 130 Å². The molecule has 0 spiro atoms. The van der Waals surface area contributed by atoms with Crippen LogP contribution in [0.15, 0.2) is 26.2 Å². The molecule has 2 aromatic rings. The van der Waals surface area contributed by atoms with Gasteiger partial charge >= 0.3 is 5.82 Å². The second-order valence-corrected chi connectivity index (χ2v) is 9.03. The minimum Gasteiger partial charge on any atom is -0.358 e. The molecule has 0 saturated carbocycles. The third-order valence-corrected chi connectivity index (χ3v) is 7.71. The van der Waals surface area contributed by atoms with E-state index in [9.17, 15) is 23.3 Å². The molecule has 0 unspecified atom stereocenters. The molecule has 0 aromatic carbocycles. The Bertz CT molecular complexity index is 902. The van der Waals surface area contributed by atoms with Gasteiger partial charge in [-0.25, -0.2) is 8.42 Å². The number of nitrogens with zero attached hydrogens (tertiary/aromatic N) is 4.